The van der Waals surface area contributed by atoms with Crippen molar-refractivity contribution < 1.29 is 22.8 Å². The summed E-state index contributed by atoms with van der Waals surface area (Å²) in [7, 11) is -1.24. The van der Waals surface area contributed by atoms with Crippen LogP contribution < -0.4 is 5.32 Å². The van der Waals surface area contributed by atoms with Gasteiger partial charge in [-0.1, -0.05) is 5.16 Å². The lowest BCUT2D eigenvalue weighted by molar-refractivity contribution is -0.108. The third kappa shape index (κ3) is 3.95. The molecule has 10 heteroatoms. The third-order valence-electron chi connectivity index (χ3n) is 9.66. The highest BCUT2D eigenvalue weighted by Gasteiger charge is 2.73. The second kappa shape index (κ2) is 8.82. The number of hydrogen-bond acceptors (Lipinski definition) is 7. The lowest BCUT2D eigenvalue weighted by Crippen LogP contribution is -2.75. The van der Waals surface area contributed by atoms with E-state index >= 15 is 0 Å². The third-order valence-corrected chi connectivity index (χ3v) is 12.3. The number of aliphatic hydroxyl groups is 1. The number of aromatic nitrogens is 1. The van der Waals surface area contributed by atoms with Gasteiger partial charge in [-0.25, -0.2) is 12.7 Å². The van der Waals surface area contributed by atoms with Crippen LogP contribution in [0.4, 0.5) is 0 Å². The monoisotopic (exact) mass is 506 g/mol. The van der Waals surface area contributed by atoms with E-state index in [0.717, 1.165) is 70.1 Å². The molecule has 9 nitrogen and oxygen atoms in total. The van der Waals surface area contributed by atoms with E-state index in [1.165, 1.54) is 0 Å². The number of carbonyl (C=O) groups excluding carboxylic acids is 1. The molecule has 0 bridgehead atoms. The largest absolute Gasteiger partial charge is 0.396 e. The van der Waals surface area contributed by atoms with Gasteiger partial charge in [0.2, 0.25) is 10.0 Å². The number of sulfonamides is 1. The van der Waals surface area contributed by atoms with E-state index in [4.69, 9.17) is 9.63 Å². The number of nitrogens with zero attached hydrogens (tertiary/aromatic N) is 3. The Balaban J connectivity index is 1.03. The molecule has 2 N–H and O–H groups in total. The number of hydrogen-bond donors (Lipinski definition) is 2. The van der Waals surface area contributed by atoms with Gasteiger partial charge in [0.1, 0.15) is 5.76 Å². The van der Waals surface area contributed by atoms with Crippen molar-refractivity contribution in [3.05, 3.63) is 17.5 Å². The van der Waals surface area contributed by atoms with E-state index in [2.05, 4.69) is 22.4 Å². The molecule has 35 heavy (non-hydrogen) atoms. The molecule has 1 aromatic rings. The molecule has 0 spiro atoms. The highest BCUT2D eigenvalue weighted by molar-refractivity contribution is 7.90. The molecule has 5 fully saturated rings. The summed E-state index contributed by atoms with van der Waals surface area (Å²) in [6.07, 6.45) is 7.85. The standard InChI is InChI=1S/C25H38N4O5S/c1-28(7-2-10-30)20-5-8-29(9-6-20)35(32,33)25-14-17-11-19(12-18(15-25)23(17)25)26-24(31)21-13-22(34-27-21)16-3-4-16/h13,16-20,23,30H,2-12,14-15H2,1H3,(H,26,31)/t17-,18+,19-,23?,25?. The Hall–Kier alpha value is -1.49. The minimum absolute atomic E-state index is 0.0843. The number of piperidine rings is 1. The molecule has 2 unspecified atom stereocenters. The summed E-state index contributed by atoms with van der Waals surface area (Å²) in [5, 5.41) is 16.2. The maximum atomic E-state index is 13.7. The average molecular weight is 507 g/mol. The zero-order valence-electron chi connectivity index (χ0n) is 20.6. The van der Waals surface area contributed by atoms with Crippen LogP contribution in [0.2, 0.25) is 0 Å². The van der Waals surface area contributed by atoms with Gasteiger partial charge in [-0.05, 0) is 82.6 Å². The molecule has 5 aliphatic rings. The average Bonchev–Trinajstić information content (AvgIpc) is 3.55. The molecule has 2 heterocycles. The Morgan fingerprint density at radius 1 is 1.23 bits per heavy atom. The van der Waals surface area contributed by atoms with Gasteiger partial charge in [0.05, 0.1) is 4.75 Å². The van der Waals surface area contributed by atoms with Crippen molar-refractivity contribution in [2.75, 3.05) is 33.3 Å². The maximum absolute atomic E-state index is 13.7. The first-order chi connectivity index (χ1) is 16.8. The Kier molecular flexibility index (Phi) is 6.02. The van der Waals surface area contributed by atoms with E-state index in [0.29, 0.717) is 42.6 Å². The first kappa shape index (κ1) is 23.9. The summed E-state index contributed by atoms with van der Waals surface area (Å²) in [6.45, 7) is 2.23. The summed E-state index contributed by atoms with van der Waals surface area (Å²) >= 11 is 0. The van der Waals surface area contributed by atoms with Crippen LogP contribution in [-0.4, -0.2) is 83.9 Å². The van der Waals surface area contributed by atoms with Gasteiger partial charge in [0.25, 0.3) is 5.91 Å². The molecule has 1 saturated heterocycles. The van der Waals surface area contributed by atoms with Gasteiger partial charge >= 0.3 is 0 Å². The van der Waals surface area contributed by atoms with Crippen LogP contribution in [0.1, 0.15) is 80.0 Å². The Morgan fingerprint density at radius 2 is 1.91 bits per heavy atom. The second-order valence-electron chi connectivity index (χ2n) is 11.7. The summed E-state index contributed by atoms with van der Waals surface area (Å²) in [4.78, 5) is 15.0. The van der Waals surface area contributed by atoms with Gasteiger partial charge in [0, 0.05) is 50.3 Å². The molecule has 1 aliphatic heterocycles. The molecular formula is C25H38N4O5S. The Bertz CT molecular complexity index is 1050. The molecule has 4 saturated carbocycles. The first-order valence-corrected chi connectivity index (χ1v) is 14.8. The predicted molar refractivity (Wildman–Crippen MR) is 129 cm³/mol. The fraction of sp³-hybridized carbons (Fsp3) is 0.840. The van der Waals surface area contributed by atoms with Crippen molar-refractivity contribution in [2.45, 2.75) is 80.5 Å². The number of rotatable bonds is 9. The van der Waals surface area contributed by atoms with E-state index in [-0.39, 0.29) is 24.5 Å². The van der Waals surface area contributed by atoms with Crippen molar-refractivity contribution >= 4 is 15.9 Å². The van der Waals surface area contributed by atoms with Crippen LogP contribution >= 0.6 is 0 Å². The summed E-state index contributed by atoms with van der Waals surface area (Å²) in [6, 6.07) is 2.25. The Labute approximate surface area is 207 Å². The topological polar surface area (TPSA) is 116 Å². The van der Waals surface area contributed by atoms with Crippen molar-refractivity contribution in [1.82, 2.24) is 19.7 Å². The molecule has 0 radical (unpaired) electrons. The zero-order chi connectivity index (χ0) is 24.4. The number of aliphatic hydroxyl groups excluding tert-OH is 1. The lowest BCUT2D eigenvalue weighted by Gasteiger charge is -2.70. The van der Waals surface area contributed by atoms with E-state index in [1.54, 1.807) is 10.4 Å². The smallest absolute Gasteiger partial charge is 0.273 e. The normalized spacial score (nSPS) is 35.3. The van der Waals surface area contributed by atoms with Crippen molar-refractivity contribution in [3.63, 3.8) is 0 Å². The quantitative estimate of drug-likeness (QED) is 0.526. The van der Waals surface area contributed by atoms with Crippen LogP contribution in [0.3, 0.4) is 0 Å². The minimum Gasteiger partial charge on any atom is -0.396 e. The number of amides is 1. The molecule has 1 aromatic heterocycles. The number of carbonyl (C=O) groups is 1. The fourth-order valence-corrected chi connectivity index (χ4v) is 10.5. The van der Waals surface area contributed by atoms with Gasteiger partial charge in [-0.2, -0.15) is 0 Å². The maximum Gasteiger partial charge on any atom is 0.273 e. The molecule has 6 rings (SSSR count). The SMILES string of the molecule is CN(CCCO)C1CCN(S(=O)(=O)C23C[C@H]4C[C@@H](NC(=O)c5cc(C6CC6)on5)C[C@@H](C2)C43)CC1. The van der Waals surface area contributed by atoms with Crippen LogP contribution in [0, 0.1) is 17.8 Å². The predicted octanol–water partition coefficient (Wildman–Crippen LogP) is 1.95. The van der Waals surface area contributed by atoms with Crippen molar-refractivity contribution in [2.24, 2.45) is 17.8 Å². The fourth-order valence-electron chi connectivity index (χ4n) is 7.71. The molecule has 5 atom stereocenters. The highest BCUT2D eigenvalue weighted by atomic mass is 32.2. The van der Waals surface area contributed by atoms with E-state index in [1.807, 2.05) is 0 Å². The highest BCUT2D eigenvalue weighted by Crippen LogP contribution is 2.69. The van der Waals surface area contributed by atoms with Crippen LogP contribution in [0.15, 0.2) is 10.6 Å². The zero-order valence-corrected chi connectivity index (χ0v) is 21.4. The molecular weight excluding hydrogens is 468 g/mol. The van der Waals surface area contributed by atoms with E-state index < -0.39 is 14.8 Å². The summed E-state index contributed by atoms with van der Waals surface area (Å²) in [5.41, 5.74) is 0.360. The van der Waals surface area contributed by atoms with Gasteiger partial charge in [-0.15, -0.1) is 0 Å². The van der Waals surface area contributed by atoms with Crippen LogP contribution in [-0.2, 0) is 10.0 Å². The van der Waals surface area contributed by atoms with Crippen LogP contribution in [0.25, 0.3) is 0 Å². The molecule has 1 amide bonds. The summed E-state index contributed by atoms with van der Waals surface area (Å²) in [5.74, 6) is 2.07. The first-order valence-electron chi connectivity index (χ1n) is 13.4. The van der Waals surface area contributed by atoms with Gasteiger partial charge in [0.15, 0.2) is 5.69 Å². The van der Waals surface area contributed by atoms with Crippen molar-refractivity contribution in [3.8, 4) is 0 Å². The lowest BCUT2D eigenvalue weighted by atomic mass is 9.42. The van der Waals surface area contributed by atoms with Gasteiger partial charge in [-0.3, -0.25) is 4.79 Å². The minimum atomic E-state index is -3.31. The second-order valence-corrected chi connectivity index (χ2v) is 14.0. The summed E-state index contributed by atoms with van der Waals surface area (Å²) < 4.78 is 34.0. The number of nitrogens with one attached hydrogen (secondary N) is 1. The Morgan fingerprint density at radius 3 is 2.54 bits per heavy atom. The van der Waals surface area contributed by atoms with Crippen LogP contribution in [0.5, 0.6) is 0 Å². The van der Waals surface area contributed by atoms with Gasteiger partial charge < -0.3 is 19.8 Å². The molecule has 4 aliphatic carbocycles. The molecule has 194 valence electrons. The van der Waals surface area contributed by atoms with E-state index in [9.17, 15) is 13.2 Å². The molecule has 0 aromatic carbocycles. The van der Waals surface area contributed by atoms with Crippen molar-refractivity contribution in [1.29, 1.82) is 0 Å².